The van der Waals surface area contributed by atoms with E-state index < -0.39 is 0 Å². The number of hydrogen-bond acceptors (Lipinski definition) is 3. The maximum absolute atomic E-state index is 10.6. The summed E-state index contributed by atoms with van der Waals surface area (Å²) in [6, 6.07) is 0. The van der Waals surface area contributed by atoms with E-state index in [0.29, 0.717) is 11.5 Å². The molecule has 5 rings (SSSR count). The molecule has 0 spiro atoms. The van der Waals surface area contributed by atoms with Gasteiger partial charge in [-0.3, -0.25) is 0 Å². The van der Waals surface area contributed by atoms with Crippen LogP contribution >= 0.6 is 0 Å². The summed E-state index contributed by atoms with van der Waals surface area (Å²) in [6.07, 6.45) is 16.0. The fraction of sp³-hybridized carbons (Fsp3) is 0.917. The summed E-state index contributed by atoms with van der Waals surface area (Å²) in [5, 5.41) is 10.6. The largest absolute Gasteiger partial charge is 0.393 e. The average molecular weight is 375 g/mol. The molecule has 1 saturated heterocycles. The average Bonchev–Trinajstić information content (AvgIpc) is 2.98. The maximum Gasteiger partial charge on any atom is 0.157 e. The first-order chi connectivity index (χ1) is 13.0. The Hall–Kier alpha value is -0.380. The van der Waals surface area contributed by atoms with E-state index in [4.69, 9.17) is 9.47 Å². The van der Waals surface area contributed by atoms with Crippen LogP contribution in [0.3, 0.4) is 0 Å². The van der Waals surface area contributed by atoms with Gasteiger partial charge in [0, 0.05) is 6.61 Å². The summed E-state index contributed by atoms with van der Waals surface area (Å²) in [5.74, 6) is 2.33. The number of fused-ring (bicyclic) bond motifs is 5. The Balaban J connectivity index is 1.32. The van der Waals surface area contributed by atoms with Gasteiger partial charge in [-0.15, -0.1) is 0 Å². The molecule has 3 nitrogen and oxygen atoms in total. The summed E-state index contributed by atoms with van der Waals surface area (Å²) < 4.78 is 12.2. The van der Waals surface area contributed by atoms with Crippen LogP contribution in [0.25, 0.3) is 0 Å². The van der Waals surface area contributed by atoms with Gasteiger partial charge in [0.1, 0.15) is 0 Å². The second-order valence-electron chi connectivity index (χ2n) is 10.7. The summed E-state index contributed by atoms with van der Waals surface area (Å²) in [7, 11) is 0. The highest BCUT2D eigenvalue weighted by atomic mass is 16.7. The molecule has 1 aliphatic heterocycles. The van der Waals surface area contributed by atoms with Crippen LogP contribution in [0.1, 0.15) is 84.5 Å². The second-order valence-corrected chi connectivity index (χ2v) is 10.7. The molecule has 27 heavy (non-hydrogen) atoms. The first-order valence-corrected chi connectivity index (χ1v) is 11.7. The molecule has 4 fully saturated rings. The molecule has 152 valence electrons. The Morgan fingerprint density at radius 3 is 2.74 bits per heavy atom. The minimum atomic E-state index is -0.0683. The molecule has 0 aromatic carbocycles. The zero-order chi connectivity index (χ0) is 18.6. The van der Waals surface area contributed by atoms with Crippen LogP contribution in [0.2, 0.25) is 0 Å². The third-order valence-electron chi connectivity index (χ3n) is 9.49. The highest BCUT2D eigenvalue weighted by molar-refractivity contribution is 5.25. The van der Waals surface area contributed by atoms with Gasteiger partial charge in [-0.2, -0.15) is 0 Å². The molecule has 0 aromatic rings. The number of rotatable bonds is 2. The zero-order valence-corrected chi connectivity index (χ0v) is 17.3. The molecule has 1 N–H and O–H groups in total. The Morgan fingerprint density at radius 2 is 1.93 bits per heavy atom. The minimum absolute atomic E-state index is 0.0420. The third kappa shape index (κ3) is 2.95. The monoisotopic (exact) mass is 374 g/mol. The number of aliphatic hydroxyl groups excluding tert-OH is 1. The maximum atomic E-state index is 10.6. The molecule has 3 heteroatoms. The van der Waals surface area contributed by atoms with Crippen molar-refractivity contribution in [2.24, 2.45) is 28.6 Å². The number of allylic oxidation sites excluding steroid dienone is 1. The highest BCUT2D eigenvalue weighted by Gasteiger charge is 2.58. The SMILES string of the molecule is C[C@]12CC[C@H]3[C@@H](CC=C4C[C@H](O[C@@H]5CCCCO5)CC[C@@]43C)[C@@H]1CC[C@@H]2O. The second kappa shape index (κ2) is 6.85. The Morgan fingerprint density at radius 1 is 1.04 bits per heavy atom. The van der Waals surface area contributed by atoms with Crippen LogP contribution in [0.5, 0.6) is 0 Å². The van der Waals surface area contributed by atoms with E-state index in [1.165, 1.54) is 51.4 Å². The summed E-state index contributed by atoms with van der Waals surface area (Å²) in [5.41, 5.74) is 2.23. The third-order valence-corrected chi connectivity index (χ3v) is 9.49. The lowest BCUT2D eigenvalue weighted by molar-refractivity contribution is -0.195. The van der Waals surface area contributed by atoms with Gasteiger partial charge < -0.3 is 14.6 Å². The topological polar surface area (TPSA) is 38.7 Å². The number of aliphatic hydroxyl groups is 1. The van der Waals surface area contributed by atoms with Crippen molar-refractivity contribution in [2.45, 2.75) is 103 Å². The Bertz CT molecular complexity index is 594. The van der Waals surface area contributed by atoms with Gasteiger partial charge in [0.25, 0.3) is 0 Å². The van der Waals surface area contributed by atoms with Gasteiger partial charge >= 0.3 is 0 Å². The summed E-state index contributed by atoms with van der Waals surface area (Å²) in [6.45, 7) is 5.80. The van der Waals surface area contributed by atoms with Gasteiger partial charge in [-0.05, 0) is 99.2 Å². The first-order valence-electron chi connectivity index (χ1n) is 11.7. The van der Waals surface area contributed by atoms with Gasteiger partial charge in [0.2, 0.25) is 0 Å². The van der Waals surface area contributed by atoms with E-state index in [2.05, 4.69) is 19.9 Å². The van der Waals surface area contributed by atoms with E-state index in [-0.39, 0.29) is 17.8 Å². The molecule has 5 aliphatic rings. The van der Waals surface area contributed by atoms with Gasteiger partial charge in [0.05, 0.1) is 12.2 Å². The van der Waals surface area contributed by atoms with Crippen molar-refractivity contribution in [1.82, 2.24) is 0 Å². The molecule has 0 amide bonds. The number of hydrogen-bond donors (Lipinski definition) is 1. The molecule has 0 unspecified atom stereocenters. The van der Waals surface area contributed by atoms with Gasteiger partial charge in [0.15, 0.2) is 6.29 Å². The quantitative estimate of drug-likeness (QED) is 0.673. The standard InChI is InChI=1S/C24H38O3/c1-23-12-10-17(27-22-5-3-4-14-26-22)15-16(23)6-7-18-19-8-9-21(25)24(19,2)13-11-20(18)23/h6,17-22,25H,3-5,7-15H2,1-2H3/t17-,18+,19+,20+,21+,22-,23+,24+/m1/s1. The molecule has 0 bridgehead atoms. The summed E-state index contributed by atoms with van der Waals surface area (Å²) >= 11 is 0. The predicted octanol–water partition coefficient (Wildman–Crippen LogP) is 5.22. The lowest BCUT2D eigenvalue weighted by atomic mass is 9.48. The fourth-order valence-corrected chi connectivity index (χ4v) is 7.75. The van der Waals surface area contributed by atoms with Crippen LogP contribution in [0.15, 0.2) is 11.6 Å². The molecule has 3 saturated carbocycles. The normalized spacial score (nSPS) is 52.5. The molecule has 1 heterocycles. The predicted molar refractivity (Wildman–Crippen MR) is 106 cm³/mol. The van der Waals surface area contributed by atoms with Crippen LogP contribution < -0.4 is 0 Å². The van der Waals surface area contributed by atoms with Crippen LogP contribution in [-0.2, 0) is 9.47 Å². The van der Waals surface area contributed by atoms with E-state index in [1.807, 2.05) is 0 Å². The fourth-order valence-electron chi connectivity index (χ4n) is 7.75. The Kier molecular flexibility index (Phi) is 4.73. The molecule has 8 atom stereocenters. The molecular formula is C24H38O3. The van der Waals surface area contributed by atoms with E-state index >= 15 is 0 Å². The van der Waals surface area contributed by atoms with Crippen molar-refractivity contribution in [2.75, 3.05) is 6.61 Å². The molecule has 0 radical (unpaired) electrons. The van der Waals surface area contributed by atoms with E-state index in [9.17, 15) is 5.11 Å². The van der Waals surface area contributed by atoms with Crippen LogP contribution in [0, 0.1) is 28.6 Å². The minimum Gasteiger partial charge on any atom is -0.393 e. The van der Waals surface area contributed by atoms with E-state index in [0.717, 1.165) is 43.6 Å². The van der Waals surface area contributed by atoms with Crippen molar-refractivity contribution in [1.29, 1.82) is 0 Å². The van der Waals surface area contributed by atoms with Crippen LogP contribution in [-0.4, -0.2) is 30.2 Å². The zero-order valence-electron chi connectivity index (χ0n) is 17.3. The smallest absolute Gasteiger partial charge is 0.157 e. The molecule has 0 aromatic heterocycles. The van der Waals surface area contributed by atoms with Crippen molar-refractivity contribution in [3.63, 3.8) is 0 Å². The lowest BCUT2D eigenvalue weighted by Gasteiger charge is -2.57. The Labute approximate surface area is 164 Å². The van der Waals surface area contributed by atoms with Crippen molar-refractivity contribution in [3.05, 3.63) is 11.6 Å². The van der Waals surface area contributed by atoms with Crippen molar-refractivity contribution in [3.8, 4) is 0 Å². The molecular weight excluding hydrogens is 336 g/mol. The van der Waals surface area contributed by atoms with Crippen LogP contribution in [0.4, 0.5) is 0 Å². The number of ether oxygens (including phenoxy) is 2. The van der Waals surface area contributed by atoms with Gasteiger partial charge in [-0.1, -0.05) is 25.5 Å². The van der Waals surface area contributed by atoms with Crippen molar-refractivity contribution >= 4 is 0 Å². The first kappa shape index (κ1) is 18.6. The van der Waals surface area contributed by atoms with E-state index in [1.54, 1.807) is 5.57 Å². The van der Waals surface area contributed by atoms with Crippen molar-refractivity contribution < 1.29 is 14.6 Å². The lowest BCUT2D eigenvalue weighted by Crippen LogP contribution is -2.51. The highest BCUT2D eigenvalue weighted by Crippen LogP contribution is 2.64. The molecule has 4 aliphatic carbocycles. The summed E-state index contributed by atoms with van der Waals surface area (Å²) in [4.78, 5) is 0. The van der Waals surface area contributed by atoms with Gasteiger partial charge in [-0.25, -0.2) is 0 Å².